The van der Waals surface area contributed by atoms with Gasteiger partial charge in [-0.1, -0.05) is 32.0 Å². The van der Waals surface area contributed by atoms with E-state index < -0.39 is 0 Å². The Morgan fingerprint density at radius 3 is 2.74 bits per heavy atom. The summed E-state index contributed by atoms with van der Waals surface area (Å²) in [7, 11) is 0. The highest BCUT2D eigenvalue weighted by Crippen LogP contribution is 2.31. The SMILES string of the molecule is CC(C)Cn1nc2n(c1=O)C[C@H]1CC[C@@H](C2)N1C(=O)Cc1ccccc1F. The molecule has 27 heavy (non-hydrogen) atoms. The molecule has 0 N–H and O–H groups in total. The first-order valence-electron chi connectivity index (χ1n) is 9.65. The molecule has 144 valence electrons. The monoisotopic (exact) mass is 372 g/mol. The van der Waals surface area contributed by atoms with Gasteiger partial charge in [0.05, 0.1) is 12.5 Å². The maximum atomic E-state index is 13.9. The lowest BCUT2D eigenvalue weighted by atomic mass is 10.1. The first-order chi connectivity index (χ1) is 12.9. The third-order valence-electron chi connectivity index (χ3n) is 5.56. The van der Waals surface area contributed by atoms with E-state index in [1.807, 2.05) is 4.90 Å². The van der Waals surface area contributed by atoms with Gasteiger partial charge in [0.2, 0.25) is 5.91 Å². The first-order valence-corrected chi connectivity index (χ1v) is 9.65. The molecule has 0 saturated carbocycles. The zero-order valence-electron chi connectivity index (χ0n) is 15.8. The Morgan fingerprint density at radius 1 is 1.26 bits per heavy atom. The normalized spacial score (nSPS) is 21.4. The van der Waals surface area contributed by atoms with Crippen molar-refractivity contribution in [1.82, 2.24) is 19.2 Å². The fraction of sp³-hybridized carbons (Fsp3) is 0.550. The standard InChI is InChI=1S/C20H25FN4O2/c1-13(2)11-24-20(27)23-12-16-8-7-15(10-18(23)22-24)25(16)19(26)9-14-5-3-4-6-17(14)21/h3-6,13,15-16H,7-12H2,1-2H3/t15-,16+/m0/s1. The predicted molar refractivity (Wildman–Crippen MR) is 98.8 cm³/mol. The van der Waals surface area contributed by atoms with Crippen molar-refractivity contribution in [2.45, 2.75) is 64.7 Å². The number of amides is 1. The minimum atomic E-state index is -0.350. The van der Waals surface area contributed by atoms with Gasteiger partial charge < -0.3 is 4.90 Å². The van der Waals surface area contributed by atoms with E-state index in [1.54, 1.807) is 27.4 Å². The molecule has 4 rings (SSSR count). The maximum Gasteiger partial charge on any atom is 0.345 e. The second kappa shape index (κ2) is 6.94. The zero-order chi connectivity index (χ0) is 19.1. The summed E-state index contributed by atoms with van der Waals surface area (Å²) in [6.45, 7) is 5.20. The molecule has 0 radical (unpaired) electrons. The molecule has 2 aromatic rings. The van der Waals surface area contributed by atoms with Crippen molar-refractivity contribution < 1.29 is 9.18 Å². The van der Waals surface area contributed by atoms with Crippen LogP contribution in [0, 0.1) is 11.7 Å². The highest BCUT2D eigenvalue weighted by atomic mass is 19.1. The van der Waals surface area contributed by atoms with Crippen LogP contribution < -0.4 is 5.69 Å². The second-order valence-corrected chi connectivity index (χ2v) is 8.04. The molecular weight excluding hydrogens is 347 g/mol. The van der Waals surface area contributed by atoms with Crippen molar-refractivity contribution in [2.75, 3.05) is 0 Å². The second-order valence-electron chi connectivity index (χ2n) is 8.04. The Bertz CT molecular complexity index is 917. The molecule has 1 fully saturated rings. The summed E-state index contributed by atoms with van der Waals surface area (Å²) in [5.41, 5.74) is 0.330. The number of fused-ring (bicyclic) bond motifs is 3. The van der Waals surface area contributed by atoms with E-state index >= 15 is 0 Å². The van der Waals surface area contributed by atoms with E-state index in [2.05, 4.69) is 18.9 Å². The Labute approximate surface area is 157 Å². The van der Waals surface area contributed by atoms with E-state index in [0.717, 1.165) is 18.7 Å². The van der Waals surface area contributed by atoms with E-state index in [0.29, 0.717) is 31.0 Å². The molecule has 2 aliphatic heterocycles. The largest absolute Gasteiger partial charge is 0.345 e. The Balaban J connectivity index is 1.57. The molecule has 6 nitrogen and oxygen atoms in total. The van der Waals surface area contributed by atoms with Gasteiger partial charge in [0.15, 0.2) is 0 Å². The summed E-state index contributed by atoms with van der Waals surface area (Å²) in [5.74, 6) is 0.687. The Morgan fingerprint density at radius 2 is 2.00 bits per heavy atom. The minimum Gasteiger partial charge on any atom is -0.334 e. The van der Waals surface area contributed by atoms with Crippen LogP contribution >= 0.6 is 0 Å². The number of rotatable bonds is 4. The molecule has 0 spiro atoms. The van der Waals surface area contributed by atoms with E-state index in [1.165, 1.54) is 6.07 Å². The average Bonchev–Trinajstić information content (AvgIpc) is 3.06. The van der Waals surface area contributed by atoms with Crippen LogP contribution in [-0.4, -0.2) is 37.2 Å². The average molecular weight is 372 g/mol. The Kier molecular flexibility index (Phi) is 4.61. The molecular formula is C20H25FN4O2. The van der Waals surface area contributed by atoms with Crippen LogP contribution in [0.5, 0.6) is 0 Å². The molecule has 2 bridgehead atoms. The van der Waals surface area contributed by atoms with Crippen LogP contribution in [0.4, 0.5) is 4.39 Å². The van der Waals surface area contributed by atoms with Crippen LogP contribution in [0.15, 0.2) is 29.1 Å². The first kappa shape index (κ1) is 17.9. The summed E-state index contributed by atoms with van der Waals surface area (Å²) in [5, 5.41) is 4.53. The van der Waals surface area contributed by atoms with E-state index in [-0.39, 0.29) is 35.9 Å². The lowest BCUT2D eigenvalue weighted by Crippen LogP contribution is -2.43. The van der Waals surface area contributed by atoms with Gasteiger partial charge in [-0.2, -0.15) is 5.10 Å². The molecule has 3 heterocycles. The van der Waals surface area contributed by atoms with Gasteiger partial charge in [-0.05, 0) is 30.4 Å². The van der Waals surface area contributed by atoms with Crippen LogP contribution in [-0.2, 0) is 30.7 Å². The minimum absolute atomic E-state index is 0.0232. The smallest absolute Gasteiger partial charge is 0.334 e. The van der Waals surface area contributed by atoms with Crippen LogP contribution in [0.2, 0.25) is 0 Å². The molecule has 2 atom stereocenters. The van der Waals surface area contributed by atoms with Gasteiger partial charge in [0.25, 0.3) is 0 Å². The molecule has 1 saturated heterocycles. The molecule has 0 unspecified atom stereocenters. The van der Waals surface area contributed by atoms with Crippen LogP contribution in [0.3, 0.4) is 0 Å². The predicted octanol–water partition coefficient (Wildman–Crippen LogP) is 2.00. The lowest BCUT2D eigenvalue weighted by Gasteiger charge is -2.28. The van der Waals surface area contributed by atoms with Gasteiger partial charge in [-0.15, -0.1) is 0 Å². The molecule has 1 aromatic carbocycles. The molecule has 7 heteroatoms. The number of carbonyl (C=O) groups is 1. The van der Waals surface area contributed by atoms with E-state index in [4.69, 9.17) is 0 Å². The summed E-state index contributed by atoms with van der Waals surface area (Å²) in [6, 6.07) is 6.42. The fourth-order valence-electron chi connectivity index (χ4n) is 4.35. The number of aromatic nitrogens is 3. The topological polar surface area (TPSA) is 60.1 Å². The zero-order valence-corrected chi connectivity index (χ0v) is 15.8. The quantitative estimate of drug-likeness (QED) is 0.825. The Hall–Kier alpha value is -2.44. The summed E-state index contributed by atoms with van der Waals surface area (Å²) in [4.78, 5) is 27.5. The number of hydrogen-bond donors (Lipinski definition) is 0. The number of nitrogens with zero attached hydrogens (tertiary/aromatic N) is 4. The number of hydrogen-bond acceptors (Lipinski definition) is 3. The number of benzene rings is 1. The van der Waals surface area contributed by atoms with Crippen molar-refractivity contribution in [1.29, 1.82) is 0 Å². The van der Waals surface area contributed by atoms with Gasteiger partial charge in [-0.3, -0.25) is 9.36 Å². The van der Waals surface area contributed by atoms with E-state index in [9.17, 15) is 14.0 Å². The van der Waals surface area contributed by atoms with Gasteiger partial charge >= 0.3 is 5.69 Å². The summed E-state index contributed by atoms with van der Waals surface area (Å²) >= 11 is 0. The summed E-state index contributed by atoms with van der Waals surface area (Å²) in [6.07, 6.45) is 2.41. The van der Waals surface area contributed by atoms with Crippen molar-refractivity contribution in [3.63, 3.8) is 0 Å². The maximum absolute atomic E-state index is 13.9. The third-order valence-corrected chi connectivity index (χ3v) is 5.56. The highest BCUT2D eigenvalue weighted by molar-refractivity contribution is 5.80. The number of halogens is 1. The van der Waals surface area contributed by atoms with Crippen LogP contribution in [0.25, 0.3) is 0 Å². The van der Waals surface area contributed by atoms with Gasteiger partial charge in [-0.25, -0.2) is 13.9 Å². The summed E-state index contributed by atoms with van der Waals surface area (Å²) < 4.78 is 17.2. The van der Waals surface area contributed by atoms with Crippen molar-refractivity contribution in [2.24, 2.45) is 5.92 Å². The van der Waals surface area contributed by atoms with Gasteiger partial charge in [0, 0.05) is 25.6 Å². The third kappa shape index (κ3) is 3.31. The molecule has 0 aliphatic carbocycles. The molecule has 1 amide bonds. The highest BCUT2D eigenvalue weighted by Gasteiger charge is 2.41. The van der Waals surface area contributed by atoms with Crippen molar-refractivity contribution in [3.8, 4) is 0 Å². The lowest BCUT2D eigenvalue weighted by molar-refractivity contribution is -0.133. The molecule has 1 aromatic heterocycles. The number of carbonyl (C=O) groups excluding carboxylic acids is 1. The van der Waals surface area contributed by atoms with Gasteiger partial charge in [0.1, 0.15) is 11.6 Å². The fourth-order valence-corrected chi connectivity index (χ4v) is 4.35. The molecule has 2 aliphatic rings. The van der Waals surface area contributed by atoms with Crippen molar-refractivity contribution >= 4 is 5.91 Å². The van der Waals surface area contributed by atoms with Crippen LogP contribution in [0.1, 0.15) is 38.1 Å². The van der Waals surface area contributed by atoms with Crippen molar-refractivity contribution in [3.05, 3.63) is 52.0 Å².